The minimum atomic E-state index is -0.253. The maximum absolute atomic E-state index is 12.8. The van der Waals surface area contributed by atoms with E-state index < -0.39 is 0 Å². The normalized spacial score (nSPS) is 10.9. The number of benzene rings is 2. The Morgan fingerprint density at radius 2 is 1.72 bits per heavy atom. The fraction of sp³-hybridized carbons (Fsp3) is 0.160. The van der Waals surface area contributed by atoms with Crippen LogP contribution in [0, 0.1) is 20.8 Å². The summed E-state index contributed by atoms with van der Waals surface area (Å²) in [6.07, 6.45) is 6.87. The van der Waals surface area contributed by atoms with Gasteiger partial charge in [-0.1, -0.05) is 36.4 Å². The summed E-state index contributed by atoms with van der Waals surface area (Å²) in [4.78, 5) is 29.2. The van der Waals surface area contributed by atoms with Crippen molar-refractivity contribution in [2.45, 2.75) is 27.2 Å². The molecule has 0 saturated carbocycles. The third-order valence-electron chi connectivity index (χ3n) is 4.91. The molecule has 0 aliphatic carbocycles. The molecule has 4 heteroatoms. The number of carbonyl (C=O) groups is 2. The Morgan fingerprint density at radius 3 is 2.41 bits per heavy atom. The number of aryl methyl sites for hydroxylation is 3. The van der Waals surface area contributed by atoms with E-state index in [2.05, 4.69) is 10.3 Å². The highest BCUT2D eigenvalue weighted by Gasteiger charge is 2.13. The molecule has 0 saturated heterocycles. The highest BCUT2D eigenvalue weighted by atomic mass is 16.1. The molecule has 1 aromatic heterocycles. The van der Waals surface area contributed by atoms with Crippen molar-refractivity contribution in [1.29, 1.82) is 0 Å². The maximum Gasteiger partial charge on any atom is 0.248 e. The lowest BCUT2D eigenvalue weighted by Gasteiger charge is -2.11. The Bertz CT molecular complexity index is 1050. The van der Waals surface area contributed by atoms with Crippen LogP contribution in [0.15, 0.2) is 67.0 Å². The van der Waals surface area contributed by atoms with Crippen LogP contribution in [0.2, 0.25) is 0 Å². The van der Waals surface area contributed by atoms with E-state index in [-0.39, 0.29) is 11.7 Å². The third-order valence-corrected chi connectivity index (χ3v) is 4.91. The second-order valence-electron chi connectivity index (χ2n) is 7.11. The highest BCUT2D eigenvalue weighted by Crippen LogP contribution is 2.21. The lowest BCUT2D eigenvalue weighted by molar-refractivity contribution is -0.111. The number of amides is 1. The molecule has 0 radical (unpaired) electrons. The molecule has 1 N–H and O–H groups in total. The second kappa shape index (κ2) is 9.11. The van der Waals surface area contributed by atoms with Crippen LogP contribution in [0.25, 0.3) is 6.08 Å². The van der Waals surface area contributed by atoms with Gasteiger partial charge in [-0.05, 0) is 66.8 Å². The van der Waals surface area contributed by atoms with Crippen molar-refractivity contribution in [3.63, 3.8) is 0 Å². The highest BCUT2D eigenvalue weighted by molar-refractivity contribution is 6.04. The van der Waals surface area contributed by atoms with Gasteiger partial charge in [0.05, 0.1) is 0 Å². The van der Waals surface area contributed by atoms with E-state index in [4.69, 9.17) is 0 Å². The van der Waals surface area contributed by atoms with Gasteiger partial charge in [0, 0.05) is 36.1 Å². The summed E-state index contributed by atoms with van der Waals surface area (Å²) in [6, 6.07) is 15.1. The van der Waals surface area contributed by atoms with E-state index in [1.165, 1.54) is 6.08 Å². The fourth-order valence-corrected chi connectivity index (χ4v) is 3.14. The predicted octanol–water partition coefficient (Wildman–Crippen LogP) is 5.08. The summed E-state index contributed by atoms with van der Waals surface area (Å²) in [6.45, 7) is 5.94. The average Bonchev–Trinajstić information content (AvgIpc) is 2.71. The Labute approximate surface area is 171 Å². The van der Waals surface area contributed by atoms with Crippen LogP contribution in [0.5, 0.6) is 0 Å². The number of pyridine rings is 1. The number of aromatic nitrogens is 1. The van der Waals surface area contributed by atoms with Crippen LogP contribution >= 0.6 is 0 Å². The van der Waals surface area contributed by atoms with Crippen LogP contribution in [0.4, 0.5) is 5.69 Å². The van der Waals surface area contributed by atoms with Crippen LogP contribution in [0.1, 0.15) is 38.2 Å². The van der Waals surface area contributed by atoms with Crippen LogP contribution in [-0.2, 0) is 11.2 Å². The molecule has 1 heterocycles. The molecule has 0 unspecified atom stereocenters. The number of nitrogens with one attached hydrogen (secondary N) is 1. The summed E-state index contributed by atoms with van der Waals surface area (Å²) in [7, 11) is 0. The van der Waals surface area contributed by atoms with Crippen molar-refractivity contribution in [3.8, 4) is 0 Å². The van der Waals surface area contributed by atoms with Crippen molar-refractivity contribution < 1.29 is 9.59 Å². The quantitative estimate of drug-likeness (QED) is 0.476. The number of nitrogens with zero attached hydrogens (tertiary/aromatic N) is 1. The fourth-order valence-electron chi connectivity index (χ4n) is 3.14. The topological polar surface area (TPSA) is 59.1 Å². The van der Waals surface area contributed by atoms with Gasteiger partial charge in [-0.3, -0.25) is 14.6 Å². The lowest BCUT2D eigenvalue weighted by atomic mass is 9.95. The van der Waals surface area contributed by atoms with Crippen molar-refractivity contribution in [1.82, 2.24) is 4.98 Å². The van der Waals surface area contributed by atoms with Crippen LogP contribution in [-0.4, -0.2) is 16.7 Å². The molecule has 29 heavy (non-hydrogen) atoms. The summed E-state index contributed by atoms with van der Waals surface area (Å²) >= 11 is 0. The first-order valence-corrected chi connectivity index (χ1v) is 9.52. The van der Waals surface area contributed by atoms with Crippen molar-refractivity contribution in [2.75, 3.05) is 5.32 Å². The van der Waals surface area contributed by atoms with Gasteiger partial charge in [0.1, 0.15) is 0 Å². The molecule has 1 amide bonds. The van der Waals surface area contributed by atoms with Gasteiger partial charge in [-0.2, -0.15) is 0 Å². The third kappa shape index (κ3) is 5.26. The van der Waals surface area contributed by atoms with Gasteiger partial charge < -0.3 is 5.32 Å². The molecule has 0 atom stereocenters. The van der Waals surface area contributed by atoms with Gasteiger partial charge in [-0.25, -0.2) is 0 Å². The molecule has 3 aromatic rings. The Kier molecular flexibility index (Phi) is 6.35. The van der Waals surface area contributed by atoms with Crippen molar-refractivity contribution >= 4 is 23.5 Å². The number of anilines is 1. The monoisotopic (exact) mass is 384 g/mol. The first-order valence-electron chi connectivity index (χ1n) is 9.52. The Morgan fingerprint density at radius 1 is 0.966 bits per heavy atom. The number of Topliss-reactive ketones (excluding diaryl/α,β-unsaturated/α-hetero) is 1. The molecule has 146 valence electrons. The largest absolute Gasteiger partial charge is 0.322 e. The zero-order valence-corrected chi connectivity index (χ0v) is 16.9. The number of hydrogen-bond acceptors (Lipinski definition) is 3. The summed E-state index contributed by atoms with van der Waals surface area (Å²) in [5.41, 5.74) is 6.25. The average molecular weight is 384 g/mol. The molecule has 0 aliphatic heterocycles. The van der Waals surface area contributed by atoms with Gasteiger partial charge in [0.25, 0.3) is 0 Å². The Balaban J connectivity index is 1.74. The molecule has 0 fully saturated rings. The van der Waals surface area contributed by atoms with E-state index in [0.29, 0.717) is 17.7 Å². The SMILES string of the molecule is Cc1ccc(C(=O)Cc2c(C)cccc2C)cc1NC(=O)/C=C/c1cccnc1. The van der Waals surface area contributed by atoms with E-state index in [9.17, 15) is 9.59 Å². The second-order valence-corrected chi connectivity index (χ2v) is 7.11. The van der Waals surface area contributed by atoms with Crippen molar-refractivity contribution in [3.05, 3.63) is 100 Å². The van der Waals surface area contributed by atoms with E-state index in [0.717, 1.165) is 27.8 Å². The maximum atomic E-state index is 12.8. The van der Waals surface area contributed by atoms with Gasteiger partial charge in [0.15, 0.2) is 5.78 Å². The van der Waals surface area contributed by atoms with Crippen LogP contribution < -0.4 is 5.32 Å². The predicted molar refractivity (Wildman–Crippen MR) is 117 cm³/mol. The number of ketones is 1. The van der Waals surface area contributed by atoms with Crippen molar-refractivity contribution in [2.24, 2.45) is 0 Å². The van der Waals surface area contributed by atoms with E-state index in [1.54, 1.807) is 24.5 Å². The molecular weight excluding hydrogens is 360 g/mol. The van der Waals surface area contributed by atoms with Crippen LogP contribution in [0.3, 0.4) is 0 Å². The molecule has 0 aliphatic rings. The molecule has 2 aromatic carbocycles. The zero-order chi connectivity index (χ0) is 20.8. The molecule has 4 nitrogen and oxygen atoms in total. The first-order chi connectivity index (χ1) is 13.9. The Hall–Kier alpha value is -3.53. The molecule has 3 rings (SSSR count). The number of rotatable bonds is 6. The zero-order valence-electron chi connectivity index (χ0n) is 16.9. The minimum Gasteiger partial charge on any atom is -0.322 e. The molecular formula is C25H24N2O2. The standard InChI is InChI=1S/C25H24N2O2/c1-17-6-4-7-18(2)22(17)15-24(28)21-11-9-19(3)23(14-21)27-25(29)12-10-20-8-5-13-26-16-20/h4-14,16H,15H2,1-3H3,(H,27,29)/b12-10+. The lowest BCUT2D eigenvalue weighted by Crippen LogP contribution is -2.11. The molecule has 0 bridgehead atoms. The first kappa shape index (κ1) is 20.2. The van der Waals surface area contributed by atoms with Gasteiger partial charge in [0.2, 0.25) is 5.91 Å². The molecule has 0 spiro atoms. The smallest absolute Gasteiger partial charge is 0.248 e. The minimum absolute atomic E-state index is 0.0313. The number of hydrogen-bond donors (Lipinski definition) is 1. The van der Waals surface area contributed by atoms with Gasteiger partial charge in [-0.15, -0.1) is 0 Å². The number of carbonyl (C=O) groups excluding carboxylic acids is 2. The summed E-state index contributed by atoms with van der Waals surface area (Å²) < 4.78 is 0. The summed E-state index contributed by atoms with van der Waals surface area (Å²) in [5.74, 6) is -0.222. The van der Waals surface area contributed by atoms with E-state index in [1.807, 2.05) is 63.2 Å². The van der Waals surface area contributed by atoms with Gasteiger partial charge >= 0.3 is 0 Å². The van der Waals surface area contributed by atoms with E-state index >= 15 is 0 Å². The summed E-state index contributed by atoms with van der Waals surface area (Å²) in [5, 5.41) is 2.86.